The van der Waals surface area contributed by atoms with Crippen LogP contribution in [-0.4, -0.2) is 17.5 Å². The summed E-state index contributed by atoms with van der Waals surface area (Å²) in [6.45, 7) is 5.69. The number of halogens is 1. The largest absolute Gasteiger partial charge is 0.365 e. The first-order chi connectivity index (χ1) is 10.4. The minimum atomic E-state index is -0.521. The molecule has 0 atom stereocenters. The number of benzene rings is 1. The van der Waals surface area contributed by atoms with Gasteiger partial charge in [-0.05, 0) is 59.2 Å². The summed E-state index contributed by atoms with van der Waals surface area (Å²) in [6, 6.07) is 8.66. The van der Waals surface area contributed by atoms with Crippen LogP contribution in [0.3, 0.4) is 0 Å². The van der Waals surface area contributed by atoms with Gasteiger partial charge in [-0.2, -0.15) is 0 Å². The van der Waals surface area contributed by atoms with Crippen LogP contribution < -0.4 is 0 Å². The number of allylic oxidation sites excluding steroid dienone is 4. The third kappa shape index (κ3) is 3.52. The van der Waals surface area contributed by atoms with E-state index >= 15 is 0 Å². The molecule has 0 saturated heterocycles. The Morgan fingerprint density at radius 2 is 1.86 bits per heavy atom. The number of oxime groups is 1. The molecule has 22 heavy (non-hydrogen) atoms. The summed E-state index contributed by atoms with van der Waals surface area (Å²) in [5, 5.41) is 3.93. The van der Waals surface area contributed by atoms with E-state index in [0.29, 0.717) is 20.4 Å². The lowest BCUT2D eigenvalue weighted by atomic mass is 9.90. The Labute approximate surface area is 143 Å². The summed E-state index contributed by atoms with van der Waals surface area (Å²) in [5.74, 6) is -0.422. The number of hydrogen-bond donors (Lipinski definition) is 0. The van der Waals surface area contributed by atoms with Crippen molar-refractivity contribution >= 4 is 40.1 Å². The van der Waals surface area contributed by atoms with E-state index in [1.165, 1.54) is 0 Å². The van der Waals surface area contributed by atoms with Gasteiger partial charge in [-0.1, -0.05) is 37.2 Å². The molecule has 1 aliphatic rings. The van der Waals surface area contributed by atoms with E-state index in [1.54, 1.807) is 37.3 Å². The fourth-order valence-corrected chi connectivity index (χ4v) is 2.56. The highest BCUT2D eigenvalue weighted by atomic mass is 127. The van der Waals surface area contributed by atoms with Gasteiger partial charge in [0.1, 0.15) is 5.71 Å². The first-order valence-corrected chi connectivity index (χ1v) is 7.97. The van der Waals surface area contributed by atoms with Crippen molar-refractivity contribution < 1.29 is 14.4 Å². The zero-order valence-corrected chi connectivity index (χ0v) is 14.7. The minimum Gasteiger partial charge on any atom is -0.312 e. The lowest BCUT2D eigenvalue weighted by molar-refractivity contribution is -0.111. The Kier molecular flexibility index (Phi) is 5.28. The lowest BCUT2D eigenvalue weighted by Gasteiger charge is -2.17. The third-order valence-corrected chi connectivity index (χ3v) is 4.62. The van der Waals surface area contributed by atoms with Gasteiger partial charge in [0, 0.05) is 5.57 Å². The van der Waals surface area contributed by atoms with Gasteiger partial charge in [-0.3, -0.25) is 4.79 Å². The van der Waals surface area contributed by atoms with Crippen LogP contribution in [0.15, 0.2) is 56.3 Å². The molecule has 0 radical (unpaired) electrons. The van der Waals surface area contributed by atoms with Gasteiger partial charge < -0.3 is 4.84 Å². The van der Waals surface area contributed by atoms with E-state index in [0.717, 1.165) is 5.57 Å². The maximum Gasteiger partial charge on any atom is 0.365 e. The van der Waals surface area contributed by atoms with Crippen LogP contribution >= 0.6 is 22.6 Å². The van der Waals surface area contributed by atoms with Crippen molar-refractivity contribution in [2.45, 2.75) is 20.8 Å². The number of carbonyl (C=O) groups excluding carboxylic acids is 2. The van der Waals surface area contributed by atoms with E-state index in [4.69, 9.17) is 4.84 Å². The molecule has 1 aromatic carbocycles. The Morgan fingerprint density at radius 3 is 2.45 bits per heavy atom. The summed E-state index contributed by atoms with van der Waals surface area (Å²) in [6.07, 6.45) is 1.70. The molecule has 0 heterocycles. The Balaban J connectivity index is 2.26. The summed E-state index contributed by atoms with van der Waals surface area (Å²) in [5.41, 5.74) is 2.33. The fourth-order valence-electron chi connectivity index (χ4n) is 1.97. The van der Waals surface area contributed by atoms with Gasteiger partial charge >= 0.3 is 5.97 Å². The normalized spacial score (nSPS) is 17.0. The van der Waals surface area contributed by atoms with Gasteiger partial charge in [0.2, 0.25) is 0 Å². The van der Waals surface area contributed by atoms with E-state index in [-0.39, 0.29) is 11.7 Å². The van der Waals surface area contributed by atoms with Crippen molar-refractivity contribution in [2.24, 2.45) is 11.1 Å². The second-order valence-corrected chi connectivity index (χ2v) is 6.32. The van der Waals surface area contributed by atoms with Crippen LogP contribution in [0, 0.1) is 5.92 Å². The van der Waals surface area contributed by atoms with E-state index in [1.807, 2.05) is 42.5 Å². The SMILES string of the molecule is CC1=C(I)C(=O)C(C(C)C)=CC1=NOC(=O)c1ccccc1. The van der Waals surface area contributed by atoms with Gasteiger partial charge in [-0.25, -0.2) is 4.79 Å². The van der Waals surface area contributed by atoms with Gasteiger partial charge in [-0.15, -0.1) is 0 Å². The second kappa shape index (κ2) is 7.00. The molecule has 0 bridgehead atoms. The molecule has 1 aliphatic carbocycles. The molecule has 0 aromatic heterocycles. The molecular weight excluding hydrogens is 393 g/mol. The quantitative estimate of drug-likeness (QED) is 0.327. The molecule has 0 aliphatic heterocycles. The molecule has 0 saturated carbocycles. The van der Waals surface area contributed by atoms with Crippen molar-refractivity contribution in [1.82, 2.24) is 0 Å². The molecule has 5 heteroatoms. The first-order valence-electron chi connectivity index (χ1n) is 6.89. The smallest absolute Gasteiger partial charge is 0.312 e. The zero-order chi connectivity index (χ0) is 16.3. The maximum absolute atomic E-state index is 12.2. The highest BCUT2D eigenvalue weighted by Gasteiger charge is 2.25. The Morgan fingerprint density at radius 1 is 1.23 bits per heavy atom. The predicted molar refractivity (Wildman–Crippen MR) is 93.9 cm³/mol. The monoisotopic (exact) mass is 409 g/mol. The molecule has 114 valence electrons. The highest BCUT2D eigenvalue weighted by Crippen LogP contribution is 2.28. The topological polar surface area (TPSA) is 55.7 Å². The van der Waals surface area contributed by atoms with Crippen LogP contribution in [0.1, 0.15) is 31.1 Å². The summed E-state index contributed by atoms with van der Waals surface area (Å²) < 4.78 is 0.610. The Hall–Kier alpha value is -1.76. The van der Waals surface area contributed by atoms with Gasteiger partial charge in [0.05, 0.1) is 9.14 Å². The van der Waals surface area contributed by atoms with Crippen LogP contribution in [0.5, 0.6) is 0 Å². The number of carbonyl (C=O) groups is 2. The van der Waals surface area contributed by atoms with Crippen molar-refractivity contribution in [3.8, 4) is 0 Å². The van der Waals surface area contributed by atoms with E-state index in [9.17, 15) is 9.59 Å². The Bertz CT molecular complexity index is 700. The van der Waals surface area contributed by atoms with Gasteiger partial charge in [0.25, 0.3) is 0 Å². The molecule has 0 fully saturated rings. The molecule has 0 spiro atoms. The number of nitrogens with zero attached hydrogens (tertiary/aromatic N) is 1. The molecule has 0 unspecified atom stereocenters. The van der Waals surface area contributed by atoms with Crippen LogP contribution in [0.4, 0.5) is 0 Å². The average molecular weight is 409 g/mol. The van der Waals surface area contributed by atoms with Crippen LogP contribution in [0.25, 0.3) is 0 Å². The molecule has 2 rings (SSSR count). The number of hydrogen-bond acceptors (Lipinski definition) is 4. The second-order valence-electron chi connectivity index (χ2n) is 5.24. The van der Waals surface area contributed by atoms with E-state index in [2.05, 4.69) is 5.16 Å². The minimum absolute atomic E-state index is 0.0152. The summed E-state index contributed by atoms with van der Waals surface area (Å²) in [7, 11) is 0. The first kappa shape index (κ1) is 16.6. The molecule has 4 nitrogen and oxygen atoms in total. The predicted octanol–water partition coefficient (Wildman–Crippen LogP) is 4.07. The van der Waals surface area contributed by atoms with Crippen LogP contribution in [-0.2, 0) is 9.63 Å². The molecule has 1 aromatic rings. The zero-order valence-electron chi connectivity index (χ0n) is 12.6. The van der Waals surface area contributed by atoms with Crippen molar-refractivity contribution in [1.29, 1.82) is 0 Å². The molecule has 0 amide bonds. The van der Waals surface area contributed by atoms with Crippen molar-refractivity contribution in [3.63, 3.8) is 0 Å². The average Bonchev–Trinajstić information content (AvgIpc) is 2.52. The number of rotatable bonds is 3. The van der Waals surface area contributed by atoms with Gasteiger partial charge in [0.15, 0.2) is 5.78 Å². The van der Waals surface area contributed by atoms with Crippen molar-refractivity contribution in [3.05, 3.63) is 56.7 Å². The fraction of sp³-hybridized carbons (Fsp3) is 0.235. The molecule has 0 N–H and O–H groups in total. The van der Waals surface area contributed by atoms with E-state index < -0.39 is 5.97 Å². The third-order valence-electron chi connectivity index (χ3n) is 3.33. The van der Waals surface area contributed by atoms with Crippen molar-refractivity contribution in [2.75, 3.05) is 0 Å². The highest BCUT2D eigenvalue weighted by molar-refractivity contribution is 14.1. The lowest BCUT2D eigenvalue weighted by Crippen LogP contribution is -2.19. The summed E-state index contributed by atoms with van der Waals surface area (Å²) >= 11 is 2.01. The number of ketones is 1. The maximum atomic E-state index is 12.2. The standard InChI is InChI=1S/C17H16INO3/c1-10(2)13-9-14(11(3)15(18)16(13)20)19-22-17(21)12-7-5-4-6-8-12/h4-10H,1-3H3. The van der Waals surface area contributed by atoms with Crippen LogP contribution in [0.2, 0.25) is 0 Å². The molecular formula is C17H16INO3. The summed E-state index contributed by atoms with van der Waals surface area (Å²) in [4.78, 5) is 29.1. The number of Topliss-reactive ketones (excluding diaryl/α,β-unsaturated/α-hetero) is 1.